The van der Waals surface area contributed by atoms with Crippen LogP contribution in [0.4, 0.5) is 0 Å². The Labute approximate surface area is 183 Å². The predicted molar refractivity (Wildman–Crippen MR) is 120 cm³/mol. The molecule has 2 amide bonds. The van der Waals surface area contributed by atoms with Crippen molar-refractivity contribution in [3.05, 3.63) is 71.3 Å². The molecule has 2 heterocycles. The van der Waals surface area contributed by atoms with Crippen molar-refractivity contribution in [3.8, 4) is 0 Å². The number of rotatable bonds is 6. The highest BCUT2D eigenvalue weighted by atomic mass is 16.3. The lowest BCUT2D eigenvalue weighted by Gasteiger charge is -2.58. The molecular weight excluding hydrogens is 388 g/mol. The number of carbonyl (C=O) groups is 2. The fraction of sp³-hybridized carbons (Fsp3) is 0.385. The van der Waals surface area contributed by atoms with Crippen molar-refractivity contribution in [1.29, 1.82) is 0 Å². The second kappa shape index (κ2) is 8.31. The maximum Gasteiger partial charge on any atom is 0.242 e. The van der Waals surface area contributed by atoms with Gasteiger partial charge in [-0.05, 0) is 35.4 Å². The van der Waals surface area contributed by atoms with Crippen LogP contribution < -0.4 is 0 Å². The quantitative estimate of drug-likeness (QED) is 0.736. The van der Waals surface area contributed by atoms with E-state index in [1.807, 2.05) is 18.2 Å². The minimum atomic E-state index is -0.205. The highest BCUT2D eigenvalue weighted by Gasteiger charge is 2.54. The van der Waals surface area contributed by atoms with Gasteiger partial charge in [0, 0.05) is 18.9 Å². The minimum Gasteiger partial charge on any atom is -0.394 e. The van der Waals surface area contributed by atoms with Crippen molar-refractivity contribution in [2.24, 2.45) is 5.92 Å². The van der Waals surface area contributed by atoms with E-state index < -0.39 is 0 Å². The van der Waals surface area contributed by atoms with Gasteiger partial charge in [-0.2, -0.15) is 0 Å². The summed E-state index contributed by atoms with van der Waals surface area (Å²) in [4.78, 5) is 28.8. The summed E-state index contributed by atoms with van der Waals surface area (Å²) >= 11 is 0. The molecular formula is C26H28N2O3. The van der Waals surface area contributed by atoms with Gasteiger partial charge in [-0.15, -0.1) is 0 Å². The molecule has 5 rings (SSSR count). The van der Waals surface area contributed by atoms with Crippen molar-refractivity contribution in [2.75, 3.05) is 19.7 Å². The number of fused-ring (bicyclic) bond motifs is 1. The van der Waals surface area contributed by atoms with Crippen LogP contribution >= 0.6 is 0 Å². The van der Waals surface area contributed by atoms with E-state index in [0.29, 0.717) is 18.9 Å². The molecule has 2 aromatic rings. The summed E-state index contributed by atoms with van der Waals surface area (Å²) in [6.45, 7) is 0.654. The van der Waals surface area contributed by atoms with Crippen molar-refractivity contribution in [3.63, 3.8) is 0 Å². The van der Waals surface area contributed by atoms with Gasteiger partial charge >= 0.3 is 0 Å². The number of aliphatic hydroxyl groups is 1. The van der Waals surface area contributed by atoms with Crippen molar-refractivity contribution in [1.82, 2.24) is 9.80 Å². The fourth-order valence-corrected chi connectivity index (χ4v) is 4.97. The van der Waals surface area contributed by atoms with Crippen LogP contribution in [0, 0.1) is 5.92 Å². The van der Waals surface area contributed by atoms with Gasteiger partial charge in [-0.1, -0.05) is 66.7 Å². The molecule has 160 valence electrons. The molecule has 1 aliphatic carbocycles. The number of hydrogen-bond donors (Lipinski definition) is 1. The van der Waals surface area contributed by atoms with E-state index >= 15 is 0 Å². The lowest BCUT2D eigenvalue weighted by Crippen LogP contribution is -2.73. The molecule has 1 saturated carbocycles. The Kier molecular flexibility index (Phi) is 5.36. The largest absolute Gasteiger partial charge is 0.394 e. The van der Waals surface area contributed by atoms with E-state index in [1.54, 1.807) is 9.80 Å². The molecule has 1 N–H and O–H groups in total. The number of benzene rings is 2. The van der Waals surface area contributed by atoms with Gasteiger partial charge in [0.25, 0.3) is 0 Å². The summed E-state index contributed by atoms with van der Waals surface area (Å²) in [5, 5.41) is 9.96. The summed E-state index contributed by atoms with van der Waals surface area (Å²) < 4.78 is 0. The Balaban J connectivity index is 1.30. The van der Waals surface area contributed by atoms with Crippen LogP contribution in [0.15, 0.2) is 54.6 Å². The highest BCUT2D eigenvalue weighted by Crippen LogP contribution is 2.43. The number of hydrogen-bond acceptors (Lipinski definition) is 3. The molecule has 3 atom stereocenters. The number of aliphatic hydroxyl groups excluding tert-OH is 1. The molecule has 0 unspecified atom stereocenters. The number of piperazine rings is 1. The van der Waals surface area contributed by atoms with Gasteiger partial charge < -0.3 is 14.9 Å². The third-order valence-electron chi connectivity index (χ3n) is 6.85. The summed E-state index contributed by atoms with van der Waals surface area (Å²) in [7, 11) is 0. The summed E-state index contributed by atoms with van der Waals surface area (Å²) in [6.07, 6.45) is 6.99. The Hall–Kier alpha value is -2.92. The molecule has 2 aliphatic heterocycles. The fourth-order valence-electron chi connectivity index (χ4n) is 4.97. The van der Waals surface area contributed by atoms with Crippen LogP contribution in [-0.4, -0.2) is 58.5 Å². The SMILES string of the molecule is O=C(CC1CC1)N1CC(=O)N2[C@H](CO)[C@@H](c3ccc(/C=C/c4ccccc4)cc3)[C@H]2C1. The van der Waals surface area contributed by atoms with E-state index in [-0.39, 0.29) is 43.0 Å². The minimum absolute atomic E-state index is 0.0434. The van der Waals surface area contributed by atoms with Crippen LogP contribution in [0.1, 0.15) is 41.9 Å². The Bertz CT molecular complexity index is 981. The van der Waals surface area contributed by atoms with Gasteiger partial charge in [0.1, 0.15) is 0 Å². The number of amides is 2. The first kappa shape index (κ1) is 20.0. The first-order valence-corrected chi connectivity index (χ1v) is 11.2. The Morgan fingerprint density at radius 3 is 2.32 bits per heavy atom. The van der Waals surface area contributed by atoms with Crippen molar-refractivity contribution in [2.45, 2.75) is 37.3 Å². The number of nitrogens with zero attached hydrogens (tertiary/aromatic N) is 2. The molecule has 3 aliphatic rings. The van der Waals surface area contributed by atoms with Gasteiger partial charge in [0.2, 0.25) is 11.8 Å². The molecule has 3 fully saturated rings. The molecule has 5 nitrogen and oxygen atoms in total. The van der Waals surface area contributed by atoms with Crippen LogP contribution in [0.3, 0.4) is 0 Å². The van der Waals surface area contributed by atoms with Crippen LogP contribution in [0.25, 0.3) is 12.2 Å². The zero-order valence-corrected chi connectivity index (χ0v) is 17.6. The predicted octanol–water partition coefficient (Wildman–Crippen LogP) is 3.15. The molecule has 0 spiro atoms. The lowest BCUT2D eigenvalue weighted by molar-refractivity contribution is -0.167. The highest BCUT2D eigenvalue weighted by molar-refractivity contribution is 5.88. The van der Waals surface area contributed by atoms with Gasteiger partial charge in [0.05, 0.1) is 25.2 Å². The van der Waals surface area contributed by atoms with Crippen molar-refractivity contribution < 1.29 is 14.7 Å². The Morgan fingerprint density at radius 1 is 1.00 bits per heavy atom. The monoisotopic (exact) mass is 416 g/mol. The second-order valence-electron chi connectivity index (χ2n) is 8.98. The molecule has 0 aromatic heterocycles. The van der Waals surface area contributed by atoms with Gasteiger partial charge in [0.15, 0.2) is 0 Å². The molecule has 0 bridgehead atoms. The zero-order chi connectivity index (χ0) is 21.4. The molecule has 5 heteroatoms. The van der Waals surface area contributed by atoms with E-state index in [2.05, 4.69) is 48.6 Å². The van der Waals surface area contributed by atoms with Gasteiger partial charge in [-0.25, -0.2) is 0 Å². The smallest absolute Gasteiger partial charge is 0.242 e. The molecule has 2 aromatic carbocycles. The molecule has 2 saturated heterocycles. The van der Waals surface area contributed by atoms with E-state index in [9.17, 15) is 14.7 Å². The first-order chi connectivity index (χ1) is 15.1. The first-order valence-electron chi connectivity index (χ1n) is 11.2. The van der Waals surface area contributed by atoms with Crippen LogP contribution in [0.2, 0.25) is 0 Å². The van der Waals surface area contributed by atoms with Gasteiger partial charge in [-0.3, -0.25) is 9.59 Å². The average Bonchev–Trinajstić information content (AvgIpc) is 3.59. The third kappa shape index (κ3) is 4.02. The topological polar surface area (TPSA) is 60.9 Å². The summed E-state index contributed by atoms with van der Waals surface area (Å²) in [6, 6.07) is 18.2. The lowest BCUT2D eigenvalue weighted by atomic mass is 9.73. The molecule has 0 radical (unpaired) electrons. The number of carbonyl (C=O) groups excluding carboxylic acids is 2. The Morgan fingerprint density at radius 2 is 1.68 bits per heavy atom. The maximum absolute atomic E-state index is 12.7. The van der Waals surface area contributed by atoms with Crippen molar-refractivity contribution >= 4 is 24.0 Å². The summed E-state index contributed by atoms with van der Waals surface area (Å²) in [5.74, 6) is 0.623. The van der Waals surface area contributed by atoms with Crippen LogP contribution in [-0.2, 0) is 9.59 Å². The van der Waals surface area contributed by atoms with E-state index in [0.717, 1.165) is 29.5 Å². The van der Waals surface area contributed by atoms with Crippen LogP contribution in [0.5, 0.6) is 0 Å². The van der Waals surface area contributed by atoms with E-state index in [4.69, 9.17) is 0 Å². The summed E-state index contributed by atoms with van der Waals surface area (Å²) in [5.41, 5.74) is 3.37. The standard InChI is InChI=1S/C26H28N2O3/c29-17-23-26(21-12-10-19(11-13-21)7-6-18-4-2-1-3-5-18)22-15-27(16-25(31)28(22)23)24(30)14-20-8-9-20/h1-7,10-13,20,22-23,26,29H,8-9,14-17H2/b7-6+/t22-,23-,26+/m1/s1. The third-order valence-corrected chi connectivity index (χ3v) is 6.85. The zero-order valence-electron chi connectivity index (χ0n) is 17.6. The maximum atomic E-state index is 12.7. The van der Waals surface area contributed by atoms with E-state index in [1.165, 1.54) is 0 Å². The average molecular weight is 417 g/mol. The second-order valence-corrected chi connectivity index (χ2v) is 8.98. The normalized spacial score (nSPS) is 25.5. The molecule has 31 heavy (non-hydrogen) atoms.